The molecule has 0 bridgehead atoms. The highest BCUT2D eigenvalue weighted by atomic mass is 32.2. The van der Waals surface area contributed by atoms with Crippen LogP contribution in [0.3, 0.4) is 0 Å². The van der Waals surface area contributed by atoms with Crippen LogP contribution < -0.4 is 0 Å². The van der Waals surface area contributed by atoms with Gasteiger partial charge in [0.2, 0.25) is 0 Å². The molecule has 0 aromatic carbocycles. The van der Waals surface area contributed by atoms with Crippen LogP contribution in [0.1, 0.15) is 30.6 Å². The largest absolute Gasteiger partial charge is 0.506 e. The second-order valence-electron chi connectivity index (χ2n) is 5.08. The van der Waals surface area contributed by atoms with Crippen LogP contribution in [0.4, 0.5) is 0 Å². The molecule has 2 heterocycles. The highest BCUT2D eigenvalue weighted by Crippen LogP contribution is 2.31. The van der Waals surface area contributed by atoms with Crippen molar-refractivity contribution in [3.05, 3.63) is 24.0 Å². The van der Waals surface area contributed by atoms with Crippen molar-refractivity contribution in [3.8, 4) is 5.75 Å². The minimum absolute atomic E-state index is 0.0328. The summed E-state index contributed by atoms with van der Waals surface area (Å²) in [5.74, 6) is 0.937. The molecule has 1 aromatic rings. The maximum atomic E-state index is 12.3. The van der Waals surface area contributed by atoms with Crippen LogP contribution in [0.5, 0.6) is 5.75 Å². The molecule has 18 heavy (non-hydrogen) atoms. The van der Waals surface area contributed by atoms with Crippen molar-refractivity contribution in [1.82, 2.24) is 9.88 Å². The lowest BCUT2D eigenvalue weighted by Crippen LogP contribution is -2.33. The standard InChI is InChI=1S/C13H18N2O2S/c1-13(2)3-4-15(5-6-18-13)12(17)10-7-11(16)9-14-8-10/h7-9,16H,3-6H2,1-2H3. The van der Waals surface area contributed by atoms with Crippen molar-refractivity contribution >= 4 is 17.7 Å². The van der Waals surface area contributed by atoms with Gasteiger partial charge in [0.25, 0.3) is 5.91 Å². The SMILES string of the molecule is CC1(C)CCN(C(=O)c2cncc(O)c2)CCS1. The van der Waals surface area contributed by atoms with Crippen molar-refractivity contribution in [3.63, 3.8) is 0 Å². The minimum atomic E-state index is -0.0447. The van der Waals surface area contributed by atoms with E-state index < -0.39 is 0 Å². The van der Waals surface area contributed by atoms with E-state index in [9.17, 15) is 9.90 Å². The fraction of sp³-hybridized carbons (Fsp3) is 0.538. The Labute approximate surface area is 111 Å². The van der Waals surface area contributed by atoms with Gasteiger partial charge >= 0.3 is 0 Å². The Morgan fingerprint density at radius 3 is 2.94 bits per heavy atom. The maximum absolute atomic E-state index is 12.3. The second-order valence-corrected chi connectivity index (χ2v) is 6.88. The van der Waals surface area contributed by atoms with E-state index in [1.807, 2.05) is 16.7 Å². The zero-order valence-electron chi connectivity index (χ0n) is 10.7. The van der Waals surface area contributed by atoms with Gasteiger partial charge in [-0.2, -0.15) is 11.8 Å². The van der Waals surface area contributed by atoms with Gasteiger partial charge in [0.15, 0.2) is 0 Å². The molecule has 2 rings (SSSR count). The van der Waals surface area contributed by atoms with Gasteiger partial charge in [-0.1, -0.05) is 13.8 Å². The smallest absolute Gasteiger partial charge is 0.255 e. The summed E-state index contributed by atoms with van der Waals surface area (Å²) in [5, 5.41) is 9.36. The lowest BCUT2D eigenvalue weighted by molar-refractivity contribution is 0.0763. The summed E-state index contributed by atoms with van der Waals surface area (Å²) < 4.78 is 0.228. The zero-order valence-corrected chi connectivity index (χ0v) is 11.5. The van der Waals surface area contributed by atoms with Gasteiger partial charge in [-0.25, -0.2) is 0 Å². The number of nitrogens with zero attached hydrogens (tertiary/aromatic N) is 2. The van der Waals surface area contributed by atoms with Crippen LogP contribution in [0, 0.1) is 0 Å². The normalized spacial score (nSPS) is 19.3. The predicted molar refractivity (Wildman–Crippen MR) is 73.0 cm³/mol. The molecule has 1 saturated heterocycles. The molecule has 0 unspecified atom stereocenters. The van der Waals surface area contributed by atoms with Crippen molar-refractivity contribution in [2.45, 2.75) is 25.0 Å². The molecular weight excluding hydrogens is 248 g/mol. The van der Waals surface area contributed by atoms with E-state index in [0.29, 0.717) is 5.56 Å². The second kappa shape index (κ2) is 5.18. The van der Waals surface area contributed by atoms with Gasteiger partial charge in [0.05, 0.1) is 11.8 Å². The highest BCUT2D eigenvalue weighted by molar-refractivity contribution is 8.00. The minimum Gasteiger partial charge on any atom is -0.506 e. The van der Waals surface area contributed by atoms with E-state index in [-0.39, 0.29) is 16.4 Å². The number of amides is 1. The molecule has 1 amide bonds. The fourth-order valence-electron chi connectivity index (χ4n) is 1.95. The summed E-state index contributed by atoms with van der Waals surface area (Å²) in [7, 11) is 0. The van der Waals surface area contributed by atoms with E-state index in [2.05, 4.69) is 18.8 Å². The lowest BCUT2D eigenvalue weighted by atomic mass is 10.1. The molecule has 1 N–H and O–H groups in total. The first-order valence-electron chi connectivity index (χ1n) is 6.05. The van der Waals surface area contributed by atoms with Gasteiger partial charge in [-0.05, 0) is 12.5 Å². The Morgan fingerprint density at radius 1 is 1.44 bits per heavy atom. The number of carbonyl (C=O) groups is 1. The summed E-state index contributed by atoms with van der Waals surface area (Å²) in [6, 6.07) is 1.47. The van der Waals surface area contributed by atoms with Gasteiger partial charge in [-0.3, -0.25) is 9.78 Å². The summed E-state index contributed by atoms with van der Waals surface area (Å²) in [4.78, 5) is 18.0. The van der Waals surface area contributed by atoms with Gasteiger partial charge in [0, 0.05) is 29.8 Å². The molecule has 98 valence electrons. The van der Waals surface area contributed by atoms with Crippen molar-refractivity contribution < 1.29 is 9.90 Å². The average molecular weight is 266 g/mol. The Bertz CT molecular complexity index is 448. The third kappa shape index (κ3) is 3.16. The molecule has 1 fully saturated rings. The molecule has 0 saturated carbocycles. The molecule has 0 aliphatic carbocycles. The number of carbonyl (C=O) groups excluding carboxylic acids is 1. The Balaban J connectivity index is 2.10. The summed E-state index contributed by atoms with van der Waals surface area (Å²) in [6.45, 7) is 5.93. The monoisotopic (exact) mass is 266 g/mol. The first-order chi connectivity index (χ1) is 8.48. The third-order valence-corrected chi connectivity index (χ3v) is 4.47. The molecule has 1 aromatic heterocycles. The molecule has 4 nitrogen and oxygen atoms in total. The molecule has 1 aliphatic heterocycles. The van der Waals surface area contributed by atoms with E-state index in [1.165, 1.54) is 18.5 Å². The molecule has 0 radical (unpaired) electrons. The first-order valence-corrected chi connectivity index (χ1v) is 7.04. The van der Waals surface area contributed by atoms with Crippen LogP contribution in [0.2, 0.25) is 0 Å². The molecule has 1 aliphatic rings. The third-order valence-electron chi connectivity index (χ3n) is 3.10. The van der Waals surface area contributed by atoms with Gasteiger partial charge in [-0.15, -0.1) is 0 Å². The van der Waals surface area contributed by atoms with Crippen LogP contribution in [-0.4, -0.2) is 44.5 Å². The van der Waals surface area contributed by atoms with E-state index >= 15 is 0 Å². The van der Waals surface area contributed by atoms with E-state index in [0.717, 1.165) is 25.3 Å². The Kier molecular flexibility index (Phi) is 3.80. The van der Waals surface area contributed by atoms with Crippen molar-refractivity contribution in [1.29, 1.82) is 0 Å². The van der Waals surface area contributed by atoms with Gasteiger partial charge in [0.1, 0.15) is 5.75 Å². The predicted octanol–water partition coefficient (Wildman–Crippen LogP) is 2.14. The number of rotatable bonds is 1. The van der Waals surface area contributed by atoms with E-state index in [1.54, 1.807) is 0 Å². The summed E-state index contributed by atoms with van der Waals surface area (Å²) in [6.07, 6.45) is 3.82. The maximum Gasteiger partial charge on any atom is 0.255 e. The molecule has 5 heteroatoms. The molecular formula is C13H18N2O2S. The Hall–Kier alpha value is -1.23. The quantitative estimate of drug-likeness (QED) is 0.846. The fourth-order valence-corrected chi connectivity index (χ4v) is 3.05. The van der Waals surface area contributed by atoms with Crippen LogP contribution in [0.25, 0.3) is 0 Å². The number of aromatic hydroxyl groups is 1. The number of pyridine rings is 1. The number of thioether (sulfide) groups is 1. The van der Waals surface area contributed by atoms with Gasteiger partial charge < -0.3 is 10.0 Å². The first kappa shape index (κ1) is 13.2. The van der Waals surface area contributed by atoms with Crippen LogP contribution in [-0.2, 0) is 0 Å². The van der Waals surface area contributed by atoms with Crippen LogP contribution >= 0.6 is 11.8 Å². The van der Waals surface area contributed by atoms with Crippen molar-refractivity contribution in [2.75, 3.05) is 18.8 Å². The number of aromatic nitrogens is 1. The highest BCUT2D eigenvalue weighted by Gasteiger charge is 2.26. The summed E-state index contributed by atoms with van der Waals surface area (Å²) in [5.41, 5.74) is 0.458. The number of hydrogen-bond acceptors (Lipinski definition) is 4. The average Bonchev–Trinajstić information content (AvgIpc) is 2.49. The van der Waals surface area contributed by atoms with Crippen LogP contribution in [0.15, 0.2) is 18.5 Å². The molecule has 0 atom stereocenters. The zero-order chi connectivity index (χ0) is 13.2. The Morgan fingerprint density at radius 2 is 2.22 bits per heavy atom. The van der Waals surface area contributed by atoms with Crippen molar-refractivity contribution in [2.24, 2.45) is 0 Å². The molecule has 0 spiro atoms. The number of hydrogen-bond donors (Lipinski definition) is 1. The topological polar surface area (TPSA) is 53.4 Å². The lowest BCUT2D eigenvalue weighted by Gasteiger charge is -2.22. The summed E-state index contributed by atoms with van der Waals surface area (Å²) >= 11 is 1.90. The van der Waals surface area contributed by atoms with E-state index in [4.69, 9.17) is 0 Å².